The first-order valence-electron chi connectivity index (χ1n) is 8.65. The molecular weight excluding hydrogens is 338 g/mol. The number of amides is 1. The Labute approximate surface area is 157 Å². The van der Waals surface area contributed by atoms with Gasteiger partial charge in [-0.3, -0.25) is 9.48 Å². The van der Waals surface area contributed by atoms with E-state index in [4.69, 9.17) is 5.10 Å². The van der Waals surface area contributed by atoms with Gasteiger partial charge in [-0.25, -0.2) is 4.68 Å². The molecule has 0 radical (unpaired) electrons. The molecule has 0 saturated carbocycles. The molecule has 0 atom stereocenters. The van der Waals surface area contributed by atoms with E-state index in [0.717, 1.165) is 16.9 Å². The summed E-state index contributed by atoms with van der Waals surface area (Å²) < 4.78 is 3.45. The van der Waals surface area contributed by atoms with Crippen molar-refractivity contribution in [3.8, 4) is 16.9 Å². The Kier molecular flexibility index (Phi) is 4.30. The number of benzene rings is 2. The molecule has 0 aliphatic carbocycles. The number of para-hydroxylation sites is 1. The summed E-state index contributed by atoms with van der Waals surface area (Å²) in [5, 5.41) is 11.8. The van der Waals surface area contributed by atoms with Gasteiger partial charge in [0.15, 0.2) is 5.82 Å². The number of carbonyl (C=O) groups is 1. The number of hydrogen-bond donors (Lipinski definition) is 1. The molecule has 1 N–H and O–H groups in total. The molecule has 2 aromatic carbocycles. The van der Waals surface area contributed by atoms with Crippen LogP contribution in [0.1, 0.15) is 16.1 Å². The fourth-order valence-electron chi connectivity index (χ4n) is 3.05. The molecular formula is C21H19N5O. The fraction of sp³-hybridized carbons (Fsp3) is 0.0952. The monoisotopic (exact) mass is 357 g/mol. The molecule has 0 saturated heterocycles. The Morgan fingerprint density at radius 1 is 0.926 bits per heavy atom. The summed E-state index contributed by atoms with van der Waals surface area (Å²) in [6.07, 6.45) is 1.79. The Hall–Kier alpha value is -3.67. The summed E-state index contributed by atoms with van der Waals surface area (Å²) in [5.74, 6) is 0.278. The van der Waals surface area contributed by atoms with Gasteiger partial charge in [0.25, 0.3) is 5.91 Å². The van der Waals surface area contributed by atoms with Crippen LogP contribution in [-0.2, 0) is 7.05 Å². The predicted octanol–water partition coefficient (Wildman–Crippen LogP) is 3.83. The smallest absolute Gasteiger partial charge is 0.261 e. The zero-order chi connectivity index (χ0) is 18.8. The Morgan fingerprint density at radius 2 is 1.59 bits per heavy atom. The summed E-state index contributed by atoms with van der Waals surface area (Å²) in [6, 6.07) is 21.3. The van der Waals surface area contributed by atoms with Crippen molar-refractivity contribution in [1.29, 1.82) is 0 Å². The van der Waals surface area contributed by atoms with Gasteiger partial charge in [-0.05, 0) is 19.1 Å². The lowest BCUT2D eigenvalue weighted by Gasteiger charge is -2.05. The number of anilines is 1. The lowest BCUT2D eigenvalue weighted by molar-refractivity contribution is 0.102. The summed E-state index contributed by atoms with van der Waals surface area (Å²) in [7, 11) is 1.81. The van der Waals surface area contributed by atoms with Crippen LogP contribution in [0.15, 0.2) is 72.9 Å². The zero-order valence-corrected chi connectivity index (χ0v) is 15.1. The van der Waals surface area contributed by atoms with E-state index in [2.05, 4.69) is 10.4 Å². The van der Waals surface area contributed by atoms with Crippen molar-refractivity contribution in [2.75, 3.05) is 5.32 Å². The predicted molar refractivity (Wildman–Crippen MR) is 105 cm³/mol. The average Bonchev–Trinajstić information content (AvgIpc) is 3.26. The molecule has 2 heterocycles. The molecule has 134 valence electrons. The maximum absolute atomic E-state index is 13.1. The number of nitrogens with one attached hydrogen (secondary N) is 1. The summed E-state index contributed by atoms with van der Waals surface area (Å²) in [5.41, 5.74) is 3.75. The van der Waals surface area contributed by atoms with Crippen LogP contribution in [0.3, 0.4) is 0 Å². The van der Waals surface area contributed by atoms with Crippen LogP contribution in [-0.4, -0.2) is 25.5 Å². The van der Waals surface area contributed by atoms with Crippen LogP contribution in [0.4, 0.5) is 5.82 Å². The van der Waals surface area contributed by atoms with Gasteiger partial charge in [0.05, 0.1) is 16.9 Å². The van der Waals surface area contributed by atoms with E-state index < -0.39 is 0 Å². The van der Waals surface area contributed by atoms with Crippen LogP contribution in [0.25, 0.3) is 16.9 Å². The first-order chi connectivity index (χ1) is 13.1. The lowest BCUT2D eigenvalue weighted by atomic mass is 10.1. The third-order valence-electron chi connectivity index (χ3n) is 4.35. The third-order valence-corrected chi connectivity index (χ3v) is 4.35. The molecule has 0 spiro atoms. The highest BCUT2D eigenvalue weighted by Crippen LogP contribution is 2.28. The highest BCUT2D eigenvalue weighted by Gasteiger charge is 2.23. The van der Waals surface area contributed by atoms with Gasteiger partial charge in [0.1, 0.15) is 5.69 Å². The van der Waals surface area contributed by atoms with Gasteiger partial charge in [0, 0.05) is 24.9 Å². The molecule has 6 heteroatoms. The van der Waals surface area contributed by atoms with E-state index in [-0.39, 0.29) is 5.91 Å². The number of aromatic nitrogens is 4. The zero-order valence-electron chi connectivity index (χ0n) is 15.1. The van der Waals surface area contributed by atoms with Gasteiger partial charge in [0.2, 0.25) is 0 Å². The molecule has 27 heavy (non-hydrogen) atoms. The first-order valence-corrected chi connectivity index (χ1v) is 8.65. The Morgan fingerprint density at radius 3 is 2.22 bits per heavy atom. The molecule has 0 unspecified atom stereocenters. The highest BCUT2D eigenvalue weighted by atomic mass is 16.1. The average molecular weight is 357 g/mol. The van der Waals surface area contributed by atoms with Crippen LogP contribution in [0.5, 0.6) is 0 Å². The number of rotatable bonds is 4. The van der Waals surface area contributed by atoms with Gasteiger partial charge in [-0.1, -0.05) is 48.5 Å². The molecule has 0 fully saturated rings. The van der Waals surface area contributed by atoms with Crippen molar-refractivity contribution >= 4 is 11.7 Å². The summed E-state index contributed by atoms with van der Waals surface area (Å²) in [6.45, 7) is 1.90. The van der Waals surface area contributed by atoms with E-state index in [1.165, 1.54) is 0 Å². The molecule has 6 nitrogen and oxygen atoms in total. The number of aryl methyl sites for hydroxylation is 1. The summed E-state index contributed by atoms with van der Waals surface area (Å²) >= 11 is 0. The highest BCUT2D eigenvalue weighted by molar-refractivity contribution is 6.08. The van der Waals surface area contributed by atoms with E-state index >= 15 is 0 Å². The normalized spacial score (nSPS) is 10.7. The quantitative estimate of drug-likeness (QED) is 0.604. The van der Waals surface area contributed by atoms with E-state index in [1.807, 2.05) is 74.6 Å². The minimum atomic E-state index is -0.229. The van der Waals surface area contributed by atoms with Crippen LogP contribution < -0.4 is 5.32 Å². The van der Waals surface area contributed by atoms with Gasteiger partial charge in [-0.15, -0.1) is 0 Å². The second-order valence-corrected chi connectivity index (χ2v) is 6.25. The van der Waals surface area contributed by atoms with Crippen molar-refractivity contribution < 1.29 is 4.79 Å². The molecule has 4 rings (SSSR count). The van der Waals surface area contributed by atoms with Crippen LogP contribution in [0.2, 0.25) is 0 Å². The van der Waals surface area contributed by atoms with E-state index in [1.54, 1.807) is 21.6 Å². The lowest BCUT2D eigenvalue weighted by Crippen LogP contribution is -2.14. The van der Waals surface area contributed by atoms with Crippen molar-refractivity contribution in [1.82, 2.24) is 19.6 Å². The SMILES string of the molecule is Cc1c(C(=O)Nc2ccn(C)n2)c(-c2ccccc2)nn1-c1ccccc1. The van der Waals surface area contributed by atoms with Crippen LogP contribution in [0, 0.1) is 6.92 Å². The maximum Gasteiger partial charge on any atom is 0.261 e. The maximum atomic E-state index is 13.1. The molecule has 2 aromatic heterocycles. The van der Waals surface area contributed by atoms with Crippen LogP contribution >= 0.6 is 0 Å². The summed E-state index contributed by atoms with van der Waals surface area (Å²) in [4.78, 5) is 13.1. The number of hydrogen-bond acceptors (Lipinski definition) is 3. The third kappa shape index (κ3) is 3.25. The molecule has 0 aliphatic heterocycles. The Bertz CT molecular complexity index is 1080. The molecule has 4 aromatic rings. The number of carbonyl (C=O) groups excluding carboxylic acids is 1. The van der Waals surface area contributed by atoms with E-state index in [0.29, 0.717) is 17.1 Å². The van der Waals surface area contributed by atoms with Gasteiger partial charge in [-0.2, -0.15) is 10.2 Å². The molecule has 0 bridgehead atoms. The minimum absolute atomic E-state index is 0.229. The van der Waals surface area contributed by atoms with Crippen molar-refractivity contribution in [2.45, 2.75) is 6.92 Å². The van der Waals surface area contributed by atoms with Crippen molar-refractivity contribution in [3.05, 3.63) is 84.2 Å². The topological polar surface area (TPSA) is 64.7 Å². The first kappa shape index (κ1) is 16.8. The largest absolute Gasteiger partial charge is 0.305 e. The van der Waals surface area contributed by atoms with E-state index in [9.17, 15) is 4.79 Å². The second-order valence-electron chi connectivity index (χ2n) is 6.25. The minimum Gasteiger partial charge on any atom is -0.305 e. The van der Waals surface area contributed by atoms with Crippen molar-refractivity contribution in [3.63, 3.8) is 0 Å². The molecule has 0 aliphatic rings. The van der Waals surface area contributed by atoms with Crippen molar-refractivity contribution in [2.24, 2.45) is 7.05 Å². The number of nitrogens with zero attached hydrogens (tertiary/aromatic N) is 4. The second kappa shape index (κ2) is 6.92. The Balaban J connectivity index is 1.83. The standard InChI is InChI=1S/C21H19N5O/c1-15-19(21(27)22-18-13-14-25(2)23-18)20(16-9-5-3-6-10-16)24-26(15)17-11-7-4-8-12-17/h3-14H,1-2H3,(H,22,23,27). The van der Waals surface area contributed by atoms with Gasteiger partial charge < -0.3 is 5.32 Å². The fourth-order valence-corrected chi connectivity index (χ4v) is 3.05. The molecule has 1 amide bonds. The van der Waals surface area contributed by atoms with Gasteiger partial charge >= 0.3 is 0 Å².